The number of rotatable bonds is 6. The minimum atomic E-state index is -0.269. The predicted octanol–water partition coefficient (Wildman–Crippen LogP) is 3.66. The van der Waals surface area contributed by atoms with Crippen molar-refractivity contribution in [3.8, 4) is 11.5 Å². The summed E-state index contributed by atoms with van der Waals surface area (Å²) in [6.45, 7) is 0.601. The quantitative estimate of drug-likeness (QED) is 0.787. The maximum atomic E-state index is 13.1. The van der Waals surface area contributed by atoms with Crippen molar-refractivity contribution in [2.75, 3.05) is 26.5 Å². The standard InChI is InChI=1S/C19H20FNO3S/c1-23-16-8-3-13(11-17(16)24-2)9-10-21-18(22)12-25-19(21)14-4-6-15(20)7-5-14/h3-8,11,19H,9-10,12H2,1-2H3/t19-/m1/s1. The summed E-state index contributed by atoms with van der Waals surface area (Å²) in [7, 11) is 3.21. The highest BCUT2D eigenvalue weighted by atomic mass is 32.2. The van der Waals surface area contributed by atoms with Crippen LogP contribution in [-0.2, 0) is 11.2 Å². The topological polar surface area (TPSA) is 38.8 Å². The first-order valence-electron chi connectivity index (χ1n) is 8.00. The number of hydrogen-bond acceptors (Lipinski definition) is 4. The third kappa shape index (κ3) is 3.90. The number of carbonyl (C=O) groups is 1. The summed E-state index contributed by atoms with van der Waals surface area (Å²) < 4.78 is 23.7. The van der Waals surface area contributed by atoms with Crippen molar-refractivity contribution < 1.29 is 18.7 Å². The Balaban J connectivity index is 1.72. The number of hydrogen-bond donors (Lipinski definition) is 0. The van der Waals surface area contributed by atoms with Crippen molar-refractivity contribution in [3.63, 3.8) is 0 Å². The van der Waals surface area contributed by atoms with Crippen LogP contribution in [0.1, 0.15) is 16.5 Å². The van der Waals surface area contributed by atoms with Crippen LogP contribution in [0, 0.1) is 5.82 Å². The van der Waals surface area contributed by atoms with Crippen molar-refractivity contribution in [3.05, 3.63) is 59.4 Å². The molecule has 1 fully saturated rings. The number of methoxy groups -OCH3 is 2. The lowest BCUT2D eigenvalue weighted by Gasteiger charge is -2.24. The molecular formula is C19H20FNO3S. The normalized spacial score (nSPS) is 17.0. The highest BCUT2D eigenvalue weighted by Crippen LogP contribution is 2.38. The van der Waals surface area contributed by atoms with E-state index in [-0.39, 0.29) is 17.1 Å². The number of nitrogens with zero attached hydrogens (tertiary/aromatic N) is 1. The molecular weight excluding hydrogens is 341 g/mol. The Hall–Kier alpha value is -2.21. The van der Waals surface area contributed by atoms with Gasteiger partial charge in [0.15, 0.2) is 11.5 Å². The molecule has 25 heavy (non-hydrogen) atoms. The molecule has 0 N–H and O–H groups in total. The van der Waals surface area contributed by atoms with Gasteiger partial charge in [-0.3, -0.25) is 4.79 Å². The molecule has 2 aromatic rings. The lowest BCUT2D eigenvalue weighted by Crippen LogP contribution is -2.30. The molecule has 6 heteroatoms. The van der Waals surface area contributed by atoms with Crippen LogP contribution >= 0.6 is 11.8 Å². The third-order valence-corrected chi connectivity index (χ3v) is 5.47. The summed E-state index contributed by atoms with van der Waals surface area (Å²) in [4.78, 5) is 14.1. The Morgan fingerprint density at radius 1 is 1.12 bits per heavy atom. The van der Waals surface area contributed by atoms with E-state index in [9.17, 15) is 9.18 Å². The van der Waals surface area contributed by atoms with Crippen LogP contribution in [0.5, 0.6) is 11.5 Å². The van der Waals surface area contributed by atoms with Crippen LogP contribution in [0.3, 0.4) is 0 Å². The van der Waals surface area contributed by atoms with Crippen molar-refractivity contribution >= 4 is 17.7 Å². The van der Waals surface area contributed by atoms with E-state index in [1.165, 1.54) is 12.1 Å². The van der Waals surface area contributed by atoms with E-state index in [1.54, 1.807) is 38.1 Å². The summed E-state index contributed by atoms with van der Waals surface area (Å²) >= 11 is 1.58. The minimum Gasteiger partial charge on any atom is -0.493 e. The van der Waals surface area contributed by atoms with Crippen LogP contribution in [0.15, 0.2) is 42.5 Å². The first kappa shape index (κ1) is 17.6. The zero-order chi connectivity index (χ0) is 17.8. The van der Waals surface area contributed by atoms with Crippen LogP contribution in [0.2, 0.25) is 0 Å². The summed E-state index contributed by atoms with van der Waals surface area (Å²) in [5.74, 6) is 1.66. The van der Waals surface area contributed by atoms with Crippen LogP contribution < -0.4 is 9.47 Å². The summed E-state index contributed by atoms with van der Waals surface area (Å²) in [6.07, 6.45) is 0.713. The molecule has 4 nitrogen and oxygen atoms in total. The Bertz CT molecular complexity index is 751. The first-order chi connectivity index (χ1) is 12.1. The van der Waals surface area contributed by atoms with Gasteiger partial charge in [0.25, 0.3) is 0 Å². The van der Waals surface area contributed by atoms with E-state index in [0.29, 0.717) is 30.2 Å². The fraction of sp³-hybridized carbons (Fsp3) is 0.316. The highest BCUT2D eigenvalue weighted by Gasteiger charge is 2.32. The molecule has 1 atom stereocenters. The third-order valence-electron chi connectivity index (χ3n) is 4.21. The van der Waals surface area contributed by atoms with E-state index in [4.69, 9.17) is 9.47 Å². The number of carbonyl (C=O) groups excluding carboxylic acids is 1. The smallest absolute Gasteiger partial charge is 0.233 e. The zero-order valence-electron chi connectivity index (χ0n) is 14.2. The van der Waals surface area contributed by atoms with Gasteiger partial charge in [0.2, 0.25) is 5.91 Å². The van der Waals surface area contributed by atoms with Crippen molar-refractivity contribution in [1.29, 1.82) is 0 Å². The van der Waals surface area contributed by atoms with Crippen molar-refractivity contribution in [2.45, 2.75) is 11.8 Å². The SMILES string of the molecule is COc1ccc(CCN2C(=O)CS[C@@H]2c2ccc(F)cc2)cc1OC. The molecule has 132 valence electrons. The Morgan fingerprint density at radius 3 is 2.52 bits per heavy atom. The Kier molecular flexibility index (Phi) is 5.48. The van der Waals surface area contributed by atoms with Gasteiger partial charge in [-0.25, -0.2) is 4.39 Å². The number of thioether (sulfide) groups is 1. The zero-order valence-corrected chi connectivity index (χ0v) is 15.0. The predicted molar refractivity (Wildman–Crippen MR) is 96.6 cm³/mol. The van der Waals surface area contributed by atoms with Gasteiger partial charge in [-0.2, -0.15) is 0 Å². The largest absolute Gasteiger partial charge is 0.493 e. The molecule has 0 radical (unpaired) electrons. The van der Waals surface area contributed by atoms with Crippen molar-refractivity contribution in [2.24, 2.45) is 0 Å². The molecule has 1 amide bonds. The van der Waals surface area contributed by atoms with E-state index in [2.05, 4.69) is 0 Å². The lowest BCUT2D eigenvalue weighted by molar-refractivity contribution is -0.128. The second-order valence-corrected chi connectivity index (χ2v) is 6.81. The molecule has 0 unspecified atom stereocenters. The highest BCUT2D eigenvalue weighted by molar-refractivity contribution is 8.00. The average molecular weight is 361 g/mol. The second-order valence-electron chi connectivity index (χ2n) is 5.74. The summed E-state index contributed by atoms with van der Waals surface area (Å²) in [6, 6.07) is 12.1. The van der Waals surface area contributed by atoms with E-state index >= 15 is 0 Å². The van der Waals surface area contributed by atoms with Gasteiger partial charge in [-0.1, -0.05) is 18.2 Å². The molecule has 1 aliphatic heterocycles. The molecule has 0 saturated carbocycles. The van der Waals surface area contributed by atoms with Crippen LogP contribution in [-0.4, -0.2) is 37.3 Å². The molecule has 0 aliphatic carbocycles. The maximum absolute atomic E-state index is 13.1. The van der Waals surface area contributed by atoms with Gasteiger partial charge in [0, 0.05) is 6.54 Å². The van der Waals surface area contributed by atoms with Crippen molar-refractivity contribution in [1.82, 2.24) is 4.90 Å². The molecule has 1 saturated heterocycles. The molecule has 2 aromatic carbocycles. The Labute approximate surface area is 150 Å². The maximum Gasteiger partial charge on any atom is 0.233 e. The molecule has 0 aromatic heterocycles. The number of ether oxygens (including phenoxy) is 2. The summed E-state index contributed by atoms with van der Waals surface area (Å²) in [5.41, 5.74) is 2.02. The van der Waals surface area contributed by atoms with E-state index in [0.717, 1.165) is 11.1 Å². The average Bonchev–Trinajstić information content (AvgIpc) is 3.01. The molecule has 1 heterocycles. The number of benzene rings is 2. The van der Waals surface area contributed by atoms with E-state index < -0.39 is 0 Å². The minimum absolute atomic E-state index is 0.0618. The summed E-state index contributed by atoms with van der Waals surface area (Å²) in [5, 5.41) is -0.0618. The van der Waals surface area contributed by atoms with Gasteiger partial charge in [-0.05, 0) is 41.8 Å². The van der Waals surface area contributed by atoms with Gasteiger partial charge >= 0.3 is 0 Å². The van der Waals surface area contributed by atoms with Crippen LogP contribution in [0.4, 0.5) is 4.39 Å². The second kappa shape index (κ2) is 7.78. The molecule has 0 spiro atoms. The molecule has 1 aliphatic rings. The van der Waals surface area contributed by atoms with Gasteiger partial charge in [-0.15, -0.1) is 11.8 Å². The van der Waals surface area contributed by atoms with Gasteiger partial charge in [0.05, 0.1) is 20.0 Å². The molecule has 3 rings (SSSR count). The van der Waals surface area contributed by atoms with E-state index in [1.807, 2.05) is 23.1 Å². The Morgan fingerprint density at radius 2 is 1.84 bits per heavy atom. The monoisotopic (exact) mass is 361 g/mol. The van der Waals surface area contributed by atoms with Crippen LogP contribution in [0.25, 0.3) is 0 Å². The molecule has 0 bridgehead atoms. The van der Waals surface area contributed by atoms with Gasteiger partial charge in [0.1, 0.15) is 11.2 Å². The lowest BCUT2D eigenvalue weighted by atomic mass is 10.1. The number of amides is 1. The first-order valence-corrected chi connectivity index (χ1v) is 9.04. The fourth-order valence-corrected chi connectivity index (χ4v) is 4.10. The fourth-order valence-electron chi connectivity index (χ4n) is 2.89. The number of halogens is 1. The van der Waals surface area contributed by atoms with Gasteiger partial charge < -0.3 is 14.4 Å².